The molecule has 3 nitrogen and oxygen atoms in total. The van der Waals surface area contributed by atoms with Crippen LogP contribution in [0.5, 0.6) is 0 Å². The second-order valence-electron chi connectivity index (χ2n) is 5.19. The maximum atomic E-state index is 5.70. The Balaban J connectivity index is 1.96. The number of rotatable bonds is 6. The van der Waals surface area contributed by atoms with Gasteiger partial charge >= 0.3 is 0 Å². The van der Waals surface area contributed by atoms with Crippen LogP contribution >= 0.6 is 0 Å². The maximum absolute atomic E-state index is 5.70. The Bertz CT molecular complexity index is 367. The molecule has 1 aromatic heterocycles. The van der Waals surface area contributed by atoms with Crippen molar-refractivity contribution in [3.8, 4) is 0 Å². The molecule has 0 spiro atoms. The van der Waals surface area contributed by atoms with E-state index in [9.17, 15) is 0 Å². The lowest BCUT2D eigenvalue weighted by Gasteiger charge is -2.19. The average molecular weight is 251 g/mol. The third-order valence-electron chi connectivity index (χ3n) is 3.71. The minimum absolute atomic E-state index is 0.400. The molecule has 2 rings (SSSR count). The first-order valence-electron chi connectivity index (χ1n) is 7.12. The molecule has 0 aliphatic carbocycles. The van der Waals surface area contributed by atoms with Gasteiger partial charge in [0.25, 0.3) is 0 Å². The van der Waals surface area contributed by atoms with Crippen LogP contribution in [0.2, 0.25) is 0 Å². The van der Waals surface area contributed by atoms with Crippen molar-refractivity contribution in [3.63, 3.8) is 0 Å². The van der Waals surface area contributed by atoms with Gasteiger partial charge in [-0.1, -0.05) is 6.92 Å². The highest BCUT2D eigenvalue weighted by molar-refractivity contribution is 5.24. The summed E-state index contributed by atoms with van der Waals surface area (Å²) in [5.41, 5.74) is 1.31. The number of ether oxygens (including phenoxy) is 1. The zero-order chi connectivity index (χ0) is 13.0. The number of hydrogen-bond acceptors (Lipinski definition) is 3. The maximum Gasteiger partial charge on any atom is 0.105 e. The topological polar surface area (TPSA) is 34.4 Å². The predicted molar refractivity (Wildman–Crippen MR) is 72.8 cm³/mol. The molecule has 1 aromatic rings. The third kappa shape index (κ3) is 3.36. The summed E-state index contributed by atoms with van der Waals surface area (Å²) in [6.07, 6.45) is 5.18. The van der Waals surface area contributed by atoms with Crippen molar-refractivity contribution in [2.45, 2.75) is 58.6 Å². The summed E-state index contributed by atoms with van der Waals surface area (Å²) >= 11 is 0. The van der Waals surface area contributed by atoms with Crippen LogP contribution in [0.25, 0.3) is 0 Å². The van der Waals surface area contributed by atoms with Gasteiger partial charge in [-0.2, -0.15) is 0 Å². The van der Waals surface area contributed by atoms with Crippen LogP contribution in [0.4, 0.5) is 0 Å². The Labute approximate surface area is 110 Å². The second kappa shape index (κ2) is 6.39. The van der Waals surface area contributed by atoms with Crippen LogP contribution in [0, 0.1) is 13.8 Å². The Morgan fingerprint density at radius 1 is 1.44 bits per heavy atom. The molecule has 2 heterocycles. The van der Waals surface area contributed by atoms with Gasteiger partial charge in [0, 0.05) is 18.2 Å². The van der Waals surface area contributed by atoms with Crippen molar-refractivity contribution < 1.29 is 9.15 Å². The van der Waals surface area contributed by atoms with Crippen LogP contribution in [0.15, 0.2) is 10.5 Å². The van der Waals surface area contributed by atoms with E-state index in [1.165, 1.54) is 18.4 Å². The van der Waals surface area contributed by atoms with Crippen LogP contribution in [-0.4, -0.2) is 19.3 Å². The quantitative estimate of drug-likeness (QED) is 0.840. The Kier molecular flexibility index (Phi) is 4.84. The summed E-state index contributed by atoms with van der Waals surface area (Å²) in [4.78, 5) is 0. The molecule has 1 aliphatic heterocycles. The summed E-state index contributed by atoms with van der Waals surface area (Å²) in [5.74, 6) is 2.05. The average Bonchev–Trinajstić information content (AvgIpc) is 2.94. The standard InChI is InChI=1S/C15H25NO2/c1-4-16-15(8-7-13-6-5-9-17-13)14-10-11(2)18-12(14)3/h10,13,15-16H,4-9H2,1-3H3. The summed E-state index contributed by atoms with van der Waals surface area (Å²) in [5, 5.41) is 3.56. The Morgan fingerprint density at radius 2 is 2.28 bits per heavy atom. The van der Waals surface area contributed by atoms with E-state index in [0.717, 1.165) is 37.5 Å². The first-order valence-corrected chi connectivity index (χ1v) is 7.12. The van der Waals surface area contributed by atoms with Crippen molar-refractivity contribution >= 4 is 0 Å². The lowest BCUT2D eigenvalue weighted by Crippen LogP contribution is -2.22. The largest absolute Gasteiger partial charge is 0.466 e. The number of hydrogen-bond donors (Lipinski definition) is 1. The fourth-order valence-corrected chi connectivity index (χ4v) is 2.83. The lowest BCUT2D eigenvalue weighted by atomic mass is 9.99. The summed E-state index contributed by atoms with van der Waals surface area (Å²) in [6, 6.07) is 2.56. The summed E-state index contributed by atoms with van der Waals surface area (Å²) in [6.45, 7) is 8.15. The third-order valence-corrected chi connectivity index (χ3v) is 3.71. The smallest absolute Gasteiger partial charge is 0.105 e. The van der Waals surface area contributed by atoms with Gasteiger partial charge < -0.3 is 14.5 Å². The molecule has 3 heteroatoms. The van der Waals surface area contributed by atoms with E-state index in [1.807, 2.05) is 6.92 Å². The van der Waals surface area contributed by atoms with Crippen LogP contribution < -0.4 is 5.32 Å². The first-order chi connectivity index (χ1) is 8.70. The van der Waals surface area contributed by atoms with Crippen LogP contribution in [-0.2, 0) is 4.74 Å². The molecular formula is C15H25NO2. The molecule has 0 saturated carbocycles. The SMILES string of the molecule is CCNC(CCC1CCCO1)c1cc(C)oc1C. The van der Waals surface area contributed by atoms with Crippen LogP contribution in [0.3, 0.4) is 0 Å². The highest BCUT2D eigenvalue weighted by atomic mass is 16.5. The monoisotopic (exact) mass is 251 g/mol. The van der Waals surface area contributed by atoms with Gasteiger partial charge in [-0.25, -0.2) is 0 Å². The van der Waals surface area contributed by atoms with Gasteiger partial charge in [0.1, 0.15) is 11.5 Å². The molecule has 2 atom stereocenters. The predicted octanol–water partition coefficient (Wildman–Crippen LogP) is 3.51. The summed E-state index contributed by atoms with van der Waals surface area (Å²) in [7, 11) is 0. The van der Waals surface area contributed by atoms with Gasteiger partial charge in [-0.3, -0.25) is 0 Å². The molecule has 1 N–H and O–H groups in total. The highest BCUT2D eigenvalue weighted by Gasteiger charge is 2.20. The molecule has 102 valence electrons. The molecule has 18 heavy (non-hydrogen) atoms. The van der Waals surface area contributed by atoms with E-state index in [4.69, 9.17) is 9.15 Å². The van der Waals surface area contributed by atoms with Gasteiger partial charge in [0.2, 0.25) is 0 Å². The normalized spacial score (nSPS) is 21.4. The van der Waals surface area contributed by atoms with Crippen molar-refractivity contribution in [1.82, 2.24) is 5.32 Å². The number of furan rings is 1. The second-order valence-corrected chi connectivity index (χ2v) is 5.19. The molecule has 0 aromatic carbocycles. The van der Waals surface area contributed by atoms with Gasteiger partial charge in [-0.15, -0.1) is 0 Å². The molecule has 0 bridgehead atoms. The van der Waals surface area contributed by atoms with E-state index < -0.39 is 0 Å². The van der Waals surface area contributed by atoms with Crippen LogP contribution in [0.1, 0.15) is 55.7 Å². The van der Waals surface area contributed by atoms with E-state index >= 15 is 0 Å². The van der Waals surface area contributed by atoms with Gasteiger partial charge in [0.05, 0.1) is 6.10 Å². The van der Waals surface area contributed by atoms with Gasteiger partial charge in [0.15, 0.2) is 0 Å². The zero-order valence-corrected chi connectivity index (χ0v) is 11.8. The first kappa shape index (κ1) is 13.6. The number of aryl methyl sites for hydroxylation is 2. The molecule has 1 saturated heterocycles. The minimum Gasteiger partial charge on any atom is -0.466 e. The van der Waals surface area contributed by atoms with Gasteiger partial charge in [-0.05, 0) is 52.1 Å². The van der Waals surface area contributed by atoms with Crippen molar-refractivity contribution in [2.24, 2.45) is 0 Å². The van der Waals surface area contributed by atoms with E-state index in [2.05, 4.69) is 25.2 Å². The van der Waals surface area contributed by atoms with Crippen molar-refractivity contribution in [1.29, 1.82) is 0 Å². The fourth-order valence-electron chi connectivity index (χ4n) is 2.83. The number of nitrogens with one attached hydrogen (secondary N) is 1. The molecule has 0 radical (unpaired) electrons. The van der Waals surface area contributed by atoms with E-state index in [0.29, 0.717) is 12.1 Å². The molecule has 0 amide bonds. The Morgan fingerprint density at radius 3 is 2.83 bits per heavy atom. The molecule has 1 fully saturated rings. The van der Waals surface area contributed by atoms with Crippen molar-refractivity contribution in [3.05, 3.63) is 23.2 Å². The van der Waals surface area contributed by atoms with E-state index in [1.54, 1.807) is 0 Å². The highest BCUT2D eigenvalue weighted by Crippen LogP contribution is 2.27. The van der Waals surface area contributed by atoms with Crippen molar-refractivity contribution in [2.75, 3.05) is 13.2 Å². The Hall–Kier alpha value is -0.800. The minimum atomic E-state index is 0.400. The molecular weight excluding hydrogens is 226 g/mol. The fraction of sp³-hybridized carbons (Fsp3) is 0.733. The molecule has 2 unspecified atom stereocenters. The lowest BCUT2D eigenvalue weighted by molar-refractivity contribution is 0.0996. The zero-order valence-electron chi connectivity index (χ0n) is 11.8. The van der Waals surface area contributed by atoms with E-state index in [-0.39, 0.29) is 0 Å². The summed E-state index contributed by atoms with van der Waals surface area (Å²) < 4.78 is 11.3. The molecule has 1 aliphatic rings.